The fourth-order valence-electron chi connectivity index (χ4n) is 3.54. The Morgan fingerprint density at radius 3 is 2.21 bits per heavy atom. The minimum Gasteiger partial charge on any atom is -0.431 e. The molecule has 1 aliphatic rings. The van der Waals surface area contributed by atoms with E-state index in [9.17, 15) is 4.79 Å². The lowest BCUT2D eigenvalue weighted by atomic mass is 10.1. The van der Waals surface area contributed by atoms with E-state index in [2.05, 4.69) is 0 Å². The molecule has 0 radical (unpaired) electrons. The Morgan fingerprint density at radius 2 is 1.59 bits per heavy atom. The number of carbonyl (C=O) groups is 1. The van der Waals surface area contributed by atoms with Crippen molar-refractivity contribution in [3.05, 3.63) is 60.7 Å². The lowest BCUT2D eigenvalue weighted by Crippen LogP contribution is -2.48. The molecule has 1 fully saturated rings. The molecule has 4 rings (SSSR count). The van der Waals surface area contributed by atoms with E-state index in [1.54, 1.807) is 0 Å². The van der Waals surface area contributed by atoms with Crippen molar-refractivity contribution in [2.75, 3.05) is 18.8 Å². The van der Waals surface area contributed by atoms with Crippen LogP contribution in [0.15, 0.2) is 70.3 Å². The number of thioether (sulfide) groups is 1. The third kappa shape index (κ3) is 4.71. The van der Waals surface area contributed by atoms with Gasteiger partial charge in [-0.05, 0) is 13.8 Å². The Bertz CT molecular complexity index is 892. The molecule has 0 N–H and O–H groups in total. The van der Waals surface area contributed by atoms with E-state index >= 15 is 0 Å². The van der Waals surface area contributed by atoms with Gasteiger partial charge in [-0.2, -0.15) is 0 Å². The summed E-state index contributed by atoms with van der Waals surface area (Å²) < 4.78 is 11.8. The Hall–Kier alpha value is -2.57. The molecule has 0 saturated carbocycles. The highest BCUT2D eigenvalue weighted by Gasteiger charge is 2.26. The molecule has 0 aliphatic carbocycles. The molecule has 5 nitrogen and oxygen atoms in total. The van der Waals surface area contributed by atoms with Crippen molar-refractivity contribution in [2.24, 2.45) is 0 Å². The highest BCUT2D eigenvalue weighted by Crippen LogP contribution is 2.35. The van der Waals surface area contributed by atoms with E-state index in [0.717, 1.165) is 22.6 Å². The summed E-state index contributed by atoms with van der Waals surface area (Å²) in [6.07, 6.45) is 0.118. The molecule has 6 heteroatoms. The van der Waals surface area contributed by atoms with Crippen LogP contribution in [0.2, 0.25) is 0 Å². The monoisotopic (exact) mass is 408 g/mol. The van der Waals surface area contributed by atoms with E-state index in [1.165, 1.54) is 11.8 Å². The molecule has 1 aromatic heterocycles. The number of benzene rings is 2. The summed E-state index contributed by atoms with van der Waals surface area (Å²) >= 11 is 1.34. The molecule has 29 heavy (non-hydrogen) atoms. The van der Waals surface area contributed by atoms with Gasteiger partial charge in [-0.25, -0.2) is 4.98 Å². The van der Waals surface area contributed by atoms with Crippen LogP contribution in [-0.4, -0.2) is 46.8 Å². The number of hydrogen-bond donors (Lipinski definition) is 0. The summed E-state index contributed by atoms with van der Waals surface area (Å²) in [6.45, 7) is 5.24. The van der Waals surface area contributed by atoms with Crippen LogP contribution in [-0.2, 0) is 9.53 Å². The van der Waals surface area contributed by atoms with Crippen LogP contribution in [0, 0.1) is 0 Å². The van der Waals surface area contributed by atoms with Gasteiger partial charge in [-0.15, -0.1) is 0 Å². The maximum absolute atomic E-state index is 12.7. The molecule has 150 valence electrons. The summed E-state index contributed by atoms with van der Waals surface area (Å²) in [5.74, 6) is 1.10. The standard InChI is InChI=1S/C23H24N2O3S/c1-16-13-25(14-17(2)27-16)20(26)15-29-23-24-21(18-9-5-3-6-10-18)22(28-23)19-11-7-4-8-12-19/h3-12,16-17H,13-15H2,1-2H3/t16-,17-/m0/s1. The summed E-state index contributed by atoms with van der Waals surface area (Å²) in [7, 11) is 0. The van der Waals surface area contributed by atoms with Crippen LogP contribution in [0.25, 0.3) is 22.6 Å². The van der Waals surface area contributed by atoms with Gasteiger partial charge in [0, 0.05) is 24.2 Å². The van der Waals surface area contributed by atoms with Crippen LogP contribution >= 0.6 is 11.8 Å². The van der Waals surface area contributed by atoms with Gasteiger partial charge in [0.25, 0.3) is 5.22 Å². The van der Waals surface area contributed by atoms with Gasteiger partial charge in [0.1, 0.15) is 5.69 Å². The molecule has 2 aromatic carbocycles. The zero-order chi connectivity index (χ0) is 20.2. The second kappa shape index (κ2) is 8.84. The molecule has 2 heterocycles. The first-order valence-corrected chi connectivity index (χ1v) is 10.8. The van der Waals surface area contributed by atoms with Crippen LogP contribution in [0.4, 0.5) is 0 Å². The largest absolute Gasteiger partial charge is 0.431 e. The second-order valence-corrected chi connectivity index (χ2v) is 8.16. The van der Waals surface area contributed by atoms with Crippen molar-refractivity contribution < 1.29 is 13.9 Å². The van der Waals surface area contributed by atoms with Gasteiger partial charge in [0.2, 0.25) is 5.91 Å². The van der Waals surface area contributed by atoms with E-state index < -0.39 is 0 Å². The van der Waals surface area contributed by atoms with Crippen molar-refractivity contribution in [1.82, 2.24) is 9.88 Å². The first-order chi connectivity index (χ1) is 14.1. The number of nitrogens with zero attached hydrogens (tertiary/aromatic N) is 2. The number of morpholine rings is 1. The van der Waals surface area contributed by atoms with Gasteiger partial charge in [0.05, 0.1) is 18.0 Å². The highest BCUT2D eigenvalue weighted by atomic mass is 32.2. The van der Waals surface area contributed by atoms with Crippen LogP contribution in [0.5, 0.6) is 0 Å². The number of amides is 1. The summed E-state index contributed by atoms with van der Waals surface area (Å²) in [5, 5.41) is 0.505. The minimum absolute atomic E-state index is 0.0591. The number of oxazole rings is 1. The Balaban J connectivity index is 1.54. The average molecular weight is 409 g/mol. The fraction of sp³-hybridized carbons (Fsp3) is 0.304. The molecular formula is C23H24N2O3S. The van der Waals surface area contributed by atoms with E-state index in [4.69, 9.17) is 14.1 Å². The normalized spacial score (nSPS) is 19.3. The van der Waals surface area contributed by atoms with Gasteiger partial charge in [-0.3, -0.25) is 4.79 Å². The fourth-order valence-corrected chi connectivity index (χ4v) is 4.26. The van der Waals surface area contributed by atoms with E-state index in [1.807, 2.05) is 79.4 Å². The molecular weight excluding hydrogens is 384 g/mol. The number of rotatable bonds is 5. The zero-order valence-electron chi connectivity index (χ0n) is 16.6. The van der Waals surface area contributed by atoms with Crippen molar-refractivity contribution in [3.8, 4) is 22.6 Å². The number of carbonyl (C=O) groups excluding carboxylic acids is 1. The average Bonchev–Trinajstić information content (AvgIpc) is 3.17. The maximum atomic E-state index is 12.7. The lowest BCUT2D eigenvalue weighted by molar-refractivity contribution is -0.140. The van der Waals surface area contributed by atoms with Crippen molar-refractivity contribution in [1.29, 1.82) is 0 Å². The first kappa shape index (κ1) is 19.7. The van der Waals surface area contributed by atoms with Crippen molar-refractivity contribution in [3.63, 3.8) is 0 Å². The molecule has 0 spiro atoms. The first-order valence-electron chi connectivity index (χ1n) is 9.78. The molecule has 1 amide bonds. The molecule has 1 saturated heterocycles. The third-order valence-electron chi connectivity index (χ3n) is 4.78. The molecule has 3 aromatic rings. The molecule has 0 bridgehead atoms. The summed E-state index contributed by atoms with van der Waals surface area (Å²) in [5.41, 5.74) is 2.75. The lowest BCUT2D eigenvalue weighted by Gasteiger charge is -2.35. The number of hydrogen-bond acceptors (Lipinski definition) is 5. The Labute approximate surface area is 175 Å². The smallest absolute Gasteiger partial charge is 0.257 e. The maximum Gasteiger partial charge on any atom is 0.257 e. The predicted molar refractivity (Wildman–Crippen MR) is 115 cm³/mol. The molecule has 1 aliphatic heterocycles. The van der Waals surface area contributed by atoms with Crippen molar-refractivity contribution >= 4 is 17.7 Å². The molecule has 0 unspecified atom stereocenters. The zero-order valence-corrected chi connectivity index (χ0v) is 17.4. The number of aromatic nitrogens is 1. The quantitative estimate of drug-likeness (QED) is 0.571. The number of ether oxygens (including phenoxy) is 1. The van der Waals surface area contributed by atoms with Gasteiger partial charge in [-0.1, -0.05) is 72.4 Å². The SMILES string of the molecule is C[C@H]1CN(C(=O)CSc2nc(-c3ccccc3)c(-c3ccccc3)o2)C[C@H](C)O1. The Morgan fingerprint density at radius 1 is 1.00 bits per heavy atom. The summed E-state index contributed by atoms with van der Waals surface area (Å²) in [4.78, 5) is 19.2. The van der Waals surface area contributed by atoms with Crippen LogP contribution in [0.3, 0.4) is 0 Å². The summed E-state index contributed by atoms with van der Waals surface area (Å²) in [6, 6.07) is 19.9. The predicted octanol–water partition coefficient (Wildman–Crippen LogP) is 4.74. The minimum atomic E-state index is 0.0591. The Kier molecular flexibility index (Phi) is 6.02. The topological polar surface area (TPSA) is 55.6 Å². The highest BCUT2D eigenvalue weighted by molar-refractivity contribution is 7.99. The third-order valence-corrected chi connectivity index (χ3v) is 5.60. The van der Waals surface area contributed by atoms with E-state index in [0.29, 0.717) is 24.1 Å². The van der Waals surface area contributed by atoms with Crippen LogP contribution in [0.1, 0.15) is 13.8 Å². The van der Waals surface area contributed by atoms with Crippen LogP contribution < -0.4 is 0 Å². The van der Waals surface area contributed by atoms with Gasteiger partial charge in [0.15, 0.2) is 5.76 Å². The van der Waals surface area contributed by atoms with Crippen molar-refractivity contribution in [2.45, 2.75) is 31.3 Å². The van der Waals surface area contributed by atoms with Gasteiger partial charge >= 0.3 is 0 Å². The molecule has 2 atom stereocenters. The second-order valence-electron chi connectivity index (χ2n) is 7.23. The van der Waals surface area contributed by atoms with Gasteiger partial charge < -0.3 is 14.1 Å². The van der Waals surface area contributed by atoms with E-state index in [-0.39, 0.29) is 18.1 Å².